The first-order valence-corrected chi connectivity index (χ1v) is 15.3. The molecule has 39 heavy (non-hydrogen) atoms. The summed E-state index contributed by atoms with van der Waals surface area (Å²) in [5, 5.41) is -0.645. The molecule has 0 bridgehead atoms. The van der Waals surface area contributed by atoms with Crippen LogP contribution in [0.5, 0.6) is 0 Å². The van der Waals surface area contributed by atoms with Crippen molar-refractivity contribution in [3.8, 4) is 33.9 Å². The Morgan fingerprint density at radius 1 is 0.897 bits per heavy atom. The van der Waals surface area contributed by atoms with E-state index in [4.69, 9.17) is 15.3 Å². The van der Waals surface area contributed by atoms with E-state index in [0.717, 1.165) is 43.4 Å². The van der Waals surface area contributed by atoms with Crippen LogP contribution in [0, 0.1) is 6.92 Å². The Balaban J connectivity index is 0.000000648. The third-order valence-electron chi connectivity index (χ3n) is 5.93. The van der Waals surface area contributed by atoms with Crippen molar-refractivity contribution in [2.24, 2.45) is 0 Å². The number of nitrogens with two attached hydrogens (primary N) is 1. The number of nitrogens with zero attached hydrogens (tertiary/aromatic N) is 3. The molecule has 0 aliphatic carbocycles. The minimum atomic E-state index is -3.69. The van der Waals surface area contributed by atoms with E-state index in [2.05, 4.69) is 9.97 Å². The number of aromatic nitrogens is 4. The van der Waals surface area contributed by atoms with Crippen LogP contribution in [0.2, 0.25) is 0 Å². The number of aromatic amines is 1. The first kappa shape index (κ1) is 28.0. The molecule has 3 aromatic carbocycles. The quantitative estimate of drug-likeness (QED) is 0.257. The van der Waals surface area contributed by atoms with Gasteiger partial charge >= 0.3 is 0 Å². The molecule has 204 valence electrons. The molecule has 0 saturated carbocycles. The highest BCUT2D eigenvalue weighted by Gasteiger charge is 2.25. The van der Waals surface area contributed by atoms with Gasteiger partial charge in [-0.3, -0.25) is 4.55 Å². The maximum absolute atomic E-state index is 13.0. The first-order chi connectivity index (χ1) is 18.3. The van der Waals surface area contributed by atoms with E-state index in [9.17, 15) is 16.8 Å². The van der Waals surface area contributed by atoms with Gasteiger partial charge < -0.3 is 10.7 Å². The van der Waals surface area contributed by atoms with Crippen molar-refractivity contribution in [1.82, 2.24) is 18.9 Å². The van der Waals surface area contributed by atoms with Gasteiger partial charge in [-0.15, -0.1) is 0 Å². The molecule has 2 heterocycles. The number of imidazole rings is 2. The predicted octanol–water partition coefficient (Wildman–Crippen LogP) is 4.74. The number of rotatable bonds is 5. The molecule has 0 spiro atoms. The van der Waals surface area contributed by atoms with Crippen LogP contribution in [0.15, 0.2) is 72.8 Å². The largest absolute Gasteiger partial charge is 0.368 e. The van der Waals surface area contributed by atoms with E-state index < -0.39 is 25.4 Å². The van der Waals surface area contributed by atoms with Crippen LogP contribution in [0.25, 0.3) is 44.9 Å². The van der Waals surface area contributed by atoms with Crippen molar-refractivity contribution < 1.29 is 21.4 Å². The molecule has 12 heteroatoms. The fraction of sp³-hybridized carbons (Fsp3) is 0.185. The molecule has 0 saturated heterocycles. The topological polar surface area (TPSA) is 161 Å². The number of fused-ring (bicyclic) bond motifs is 1. The smallest absolute Gasteiger partial charge is 0.261 e. The predicted molar refractivity (Wildman–Crippen MR) is 154 cm³/mol. The van der Waals surface area contributed by atoms with Gasteiger partial charge in [0.1, 0.15) is 5.82 Å². The summed E-state index contributed by atoms with van der Waals surface area (Å²) in [4.78, 5) is 12.7. The molecule has 2 aromatic heterocycles. The molecule has 0 unspecified atom stereocenters. The van der Waals surface area contributed by atoms with Crippen LogP contribution in [0.3, 0.4) is 0 Å². The summed E-state index contributed by atoms with van der Waals surface area (Å²) < 4.78 is 53.0. The molecule has 0 aliphatic rings. The van der Waals surface area contributed by atoms with Gasteiger partial charge in [-0.2, -0.15) is 8.42 Å². The number of anilines is 1. The summed E-state index contributed by atoms with van der Waals surface area (Å²) in [6, 6.07) is 23.5. The summed E-state index contributed by atoms with van der Waals surface area (Å²) in [5.41, 5.74) is 12.4. The molecule has 5 aromatic rings. The van der Waals surface area contributed by atoms with Crippen LogP contribution in [-0.4, -0.2) is 51.8 Å². The van der Waals surface area contributed by atoms with Crippen molar-refractivity contribution >= 4 is 37.1 Å². The van der Waals surface area contributed by atoms with E-state index >= 15 is 0 Å². The second kappa shape index (κ2) is 10.6. The highest BCUT2D eigenvalue weighted by Crippen LogP contribution is 2.35. The van der Waals surface area contributed by atoms with Crippen LogP contribution in [-0.2, 0) is 20.1 Å². The van der Waals surface area contributed by atoms with Crippen LogP contribution < -0.4 is 5.73 Å². The molecule has 0 amide bonds. The average molecular weight is 568 g/mol. The number of nitrogens with one attached hydrogen (secondary N) is 1. The van der Waals surface area contributed by atoms with Gasteiger partial charge in [0.15, 0.2) is 0 Å². The minimum absolute atomic E-state index is 0.0493. The Kier molecular flexibility index (Phi) is 7.64. The molecular formula is C27H29N5O5S2. The van der Waals surface area contributed by atoms with E-state index in [0.29, 0.717) is 17.3 Å². The number of H-pyrrole nitrogens is 1. The molecule has 0 fully saturated rings. The molecule has 0 atom stereocenters. The Bertz CT molecular complexity index is 1850. The summed E-state index contributed by atoms with van der Waals surface area (Å²) >= 11 is 0. The third kappa shape index (κ3) is 6.03. The third-order valence-corrected chi connectivity index (χ3v) is 8.01. The Morgan fingerprint density at radius 3 is 2.13 bits per heavy atom. The normalized spacial score (nSPS) is 11.9. The van der Waals surface area contributed by atoms with E-state index in [1.807, 2.05) is 67.6 Å². The van der Waals surface area contributed by atoms with Crippen molar-refractivity contribution in [2.75, 3.05) is 12.0 Å². The van der Waals surface area contributed by atoms with Gasteiger partial charge in [0.25, 0.3) is 10.1 Å². The van der Waals surface area contributed by atoms with Crippen molar-refractivity contribution in [2.45, 2.75) is 26.0 Å². The monoisotopic (exact) mass is 567 g/mol. The Morgan fingerprint density at radius 2 is 1.51 bits per heavy atom. The maximum Gasteiger partial charge on any atom is 0.261 e. The fourth-order valence-corrected chi connectivity index (χ4v) is 5.20. The molecule has 4 N–H and O–H groups in total. The Labute approximate surface area is 227 Å². The van der Waals surface area contributed by atoms with Gasteiger partial charge in [0.2, 0.25) is 16.0 Å². The van der Waals surface area contributed by atoms with E-state index in [1.165, 1.54) is 0 Å². The second-order valence-electron chi connectivity index (χ2n) is 9.25. The Hall–Kier alpha value is -4.00. The molecule has 10 nitrogen and oxygen atoms in total. The number of hydrogen-bond acceptors (Lipinski definition) is 7. The van der Waals surface area contributed by atoms with Crippen molar-refractivity contribution in [3.63, 3.8) is 0 Å². The highest BCUT2D eigenvalue weighted by atomic mass is 32.2. The number of hydrogen-bond donors (Lipinski definition) is 3. The lowest BCUT2D eigenvalue weighted by molar-refractivity contribution is 0.490. The fourth-order valence-electron chi connectivity index (χ4n) is 4.06. The van der Waals surface area contributed by atoms with Gasteiger partial charge in [-0.05, 0) is 38.5 Å². The summed E-state index contributed by atoms with van der Waals surface area (Å²) in [5.74, 6) is 0.696. The van der Waals surface area contributed by atoms with Crippen LogP contribution >= 0.6 is 0 Å². The first-order valence-electron chi connectivity index (χ1n) is 11.9. The van der Waals surface area contributed by atoms with Gasteiger partial charge in [0.05, 0.1) is 33.9 Å². The maximum atomic E-state index is 13.0. The zero-order valence-corrected chi connectivity index (χ0v) is 23.5. The lowest BCUT2D eigenvalue weighted by atomic mass is 10.0. The van der Waals surface area contributed by atoms with Crippen LogP contribution in [0.1, 0.15) is 19.4 Å². The second-order valence-corrected chi connectivity index (χ2v) is 13.1. The van der Waals surface area contributed by atoms with Gasteiger partial charge in [-0.25, -0.2) is 22.4 Å². The zero-order valence-electron chi connectivity index (χ0n) is 21.8. The number of aryl methyl sites for hydroxylation is 1. The van der Waals surface area contributed by atoms with Gasteiger partial charge in [0, 0.05) is 16.7 Å². The number of nitrogen functional groups attached to an aromatic ring is 1. The summed E-state index contributed by atoms with van der Waals surface area (Å²) in [7, 11) is -7.36. The zero-order chi connectivity index (χ0) is 28.5. The van der Waals surface area contributed by atoms with Crippen LogP contribution in [0.4, 0.5) is 5.95 Å². The standard InChI is InChI=1S/C26H25N5O2S.CH4O3S/c1-16(2)34(32,33)31-22-15-19(13-14-21(22)28-26(31)27)24-23(18-10-5-4-6-11-18)29-25(30-24)20-12-8-7-9-17(20)3;1-5(2,3)4/h4-16H,1-3H3,(H2,27,28)(H,29,30);1H3,(H,2,3,4). The lowest BCUT2D eigenvalue weighted by Crippen LogP contribution is -2.23. The van der Waals surface area contributed by atoms with Crippen molar-refractivity contribution in [1.29, 1.82) is 0 Å². The molecular weight excluding hydrogens is 538 g/mol. The summed E-state index contributed by atoms with van der Waals surface area (Å²) in [6.45, 7) is 5.30. The minimum Gasteiger partial charge on any atom is -0.368 e. The van der Waals surface area contributed by atoms with Gasteiger partial charge in [-0.1, -0.05) is 60.7 Å². The SMILES string of the molecule is CS(=O)(=O)O.Cc1ccccc1-c1nc(-c2ccc3nc(N)n(S(=O)(=O)C(C)C)c3c2)c(-c2ccccc2)[nH]1. The van der Waals surface area contributed by atoms with E-state index in [1.54, 1.807) is 26.0 Å². The molecule has 5 rings (SSSR count). The summed E-state index contributed by atoms with van der Waals surface area (Å²) in [6.07, 6.45) is 0.715. The van der Waals surface area contributed by atoms with Crippen molar-refractivity contribution in [3.05, 3.63) is 78.4 Å². The molecule has 0 aliphatic heterocycles. The average Bonchev–Trinajstić information content (AvgIpc) is 3.44. The molecule has 0 radical (unpaired) electrons. The highest BCUT2D eigenvalue weighted by molar-refractivity contribution is 7.90. The number of benzene rings is 3. The lowest BCUT2D eigenvalue weighted by Gasteiger charge is -2.11. The van der Waals surface area contributed by atoms with E-state index in [-0.39, 0.29) is 5.95 Å².